The van der Waals surface area contributed by atoms with Crippen LogP contribution in [-0.4, -0.2) is 29.4 Å². The van der Waals surface area contributed by atoms with Gasteiger partial charge in [-0.15, -0.1) is 0 Å². The Morgan fingerprint density at radius 3 is 3.04 bits per heavy atom. The van der Waals surface area contributed by atoms with E-state index in [4.69, 9.17) is 4.74 Å². The maximum absolute atomic E-state index is 12.0. The minimum absolute atomic E-state index is 0.146. The van der Waals surface area contributed by atoms with E-state index in [9.17, 15) is 5.11 Å². The molecular weight excluding hydrogens is 286 g/mol. The number of hydrogen-bond donors (Lipinski definition) is 2. The molecule has 3 heteroatoms. The highest BCUT2D eigenvalue weighted by Gasteiger charge is 2.70. The predicted molar refractivity (Wildman–Crippen MR) is 87.7 cm³/mol. The van der Waals surface area contributed by atoms with Gasteiger partial charge in [0.05, 0.1) is 11.0 Å². The van der Waals surface area contributed by atoms with Crippen LogP contribution in [0, 0.1) is 11.8 Å². The van der Waals surface area contributed by atoms with Gasteiger partial charge < -0.3 is 15.2 Å². The third kappa shape index (κ3) is 1.49. The first kappa shape index (κ1) is 13.3. The monoisotopic (exact) mass is 311 g/mol. The van der Waals surface area contributed by atoms with Crippen LogP contribution >= 0.6 is 0 Å². The van der Waals surface area contributed by atoms with Crippen LogP contribution in [0.3, 0.4) is 0 Å². The molecule has 1 unspecified atom stereocenters. The topological polar surface area (TPSA) is 41.5 Å². The Hall–Kier alpha value is -1.06. The van der Waals surface area contributed by atoms with Crippen LogP contribution in [-0.2, 0) is 11.8 Å². The lowest BCUT2D eigenvalue weighted by molar-refractivity contribution is -0.164. The van der Waals surface area contributed by atoms with Gasteiger partial charge in [-0.05, 0) is 62.1 Å². The van der Waals surface area contributed by atoms with Crippen LogP contribution < -0.4 is 10.1 Å². The molecule has 1 spiro atoms. The summed E-state index contributed by atoms with van der Waals surface area (Å²) in [5, 5.41) is 15.6. The van der Waals surface area contributed by atoms with E-state index in [0.717, 1.165) is 43.9 Å². The highest BCUT2D eigenvalue weighted by Crippen LogP contribution is 2.64. The molecule has 5 atom stereocenters. The molecule has 3 fully saturated rings. The molecule has 2 aliphatic heterocycles. The van der Waals surface area contributed by atoms with E-state index >= 15 is 0 Å². The van der Waals surface area contributed by atoms with Crippen LogP contribution in [0.1, 0.15) is 49.7 Å². The fraction of sp³-hybridized carbons (Fsp3) is 0.700. The Bertz CT molecular complexity index is 684. The molecule has 2 saturated carbocycles. The standard InChI is InChI=1S/C20H25NO2/c22-20-11-13(8-12-4-5-12)9-17-19(20)6-7-21-16(20)10-14-2-1-3-15(23-17)18(14)19/h1-3,12-13,16-17,21-22H,4-11H2/t13?,16-,17+,19-,20-/m1/s1. The summed E-state index contributed by atoms with van der Waals surface area (Å²) in [7, 11) is 0. The molecule has 5 aliphatic rings. The fourth-order valence-corrected chi connectivity index (χ4v) is 6.55. The van der Waals surface area contributed by atoms with Crippen molar-refractivity contribution >= 4 is 0 Å². The van der Waals surface area contributed by atoms with Gasteiger partial charge in [0, 0.05) is 11.6 Å². The quantitative estimate of drug-likeness (QED) is 0.882. The number of hydrogen-bond acceptors (Lipinski definition) is 3. The van der Waals surface area contributed by atoms with E-state index in [-0.39, 0.29) is 17.6 Å². The molecular formula is C20H25NO2. The number of benzene rings is 1. The summed E-state index contributed by atoms with van der Waals surface area (Å²) in [5.74, 6) is 2.62. The molecule has 1 aromatic carbocycles. The maximum atomic E-state index is 12.0. The first-order valence-corrected chi connectivity index (χ1v) is 9.45. The van der Waals surface area contributed by atoms with Gasteiger partial charge in [-0.1, -0.05) is 25.0 Å². The van der Waals surface area contributed by atoms with Gasteiger partial charge >= 0.3 is 0 Å². The SMILES string of the molecule is O[C@@]12CC(CC3CC3)C[C@@H]3Oc4cccc5c4[C@@]31CCN[C@@H]2C5. The lowest BCUT2D eigenvalue weighted by Gasteiger charge is -2.61. The Kier molecular flexibility index (Phi) is 2.38. The minimum Gasteiger partial charge on any atom is -0.489 e. The van der Waals surface area contributed by atoms with Gasteiger partial charge in [-0.25, -0.2) is 0 Å². The van der Waals surface area contributed by atoms with Gasteiger partial charge in [0.1, 0.15) is 11.9 Å². The summed E-state index contributed by atoms with van der Waals surface area (Å²) in [4.78, 5) is 0. The number of nitrogens with one attached hydrogen (secondary N) is 1. The molecule has 0 radical (unpaired) electrons. The average molecular weight is 311 g/mol. The van der Waals surface area contributed by atoms with Gasteiger partial charge in [0.25, 0.3) is 0 Å². The molecule has 3 aliphatic carbocycles. The van der Waals surface area contributed by atoms with Crippen molar-refractivity contribution in [1.82, 2.24) is 5.32 Å². The first-order chi connectivity index (χ1) is 11.2. The third-order valence-corrected chi connectivity index (χ3v) is 7.57. The fourth-order valence-electron chi connectivity index (χ4n) is 6.55. The summed E-state index contributed by atoms with van der Waals surface area (Å²) in [6.07, 6.45) is 8.36. The molecule has 0 aromatic heterocycles. The molecule has 0 amide bonds. The Balaban J connectivity index is 1.52. The second-order valence-corrected chi connectivity index (χ2v) is 8.74. The average Bonchev–Trinajstić information content (AvgIpc) is 3.24. The van der Waals surface area contributed by atoms with Gasteiger partial charge in [0.2, 0.25) is 0 Å². The summed E-state index contributed by atoms with van der Waals surface area (Å²) in [6.45, 7) is 1.01. The zero-order valence-electron chi connectivity index (χ0n) is 13.6. The lowest BCUT2D eigenvalue weighted by Crippen LogP contribution is -2.75. The van der Waals surface area contributed by atoms with E-state index in [1.807, 2.05) is 0 Å². The molecule has 6 rings (SSSR count). The summed E-state index contributed by atoms with van der Waals surface area (Å²) < 4.78 is 6.49. The second kappa shape index (κ2) is 4.12. The summed E-state index contributed by atoms with van der Waals surface area (Å²) in [5.41, 5.74) is 2.02. The minimum atomic E-state index is -0.618. The second-order valence-electron chi connectivity index (χ2n) is 8.74. The number of piperidine rings is 1. The van der Waals surface area contributed by atoms with E-state index in [1.165, 1.54) is 30.4 Å². The highest BCUT2D eigenvalue weighted by molar-refractivity contribution is 5.57. The van der Waals surface area contributed by atoms with Gasteiger partial charge in [0.15, 0.2) is 0 Å². The Morgan fingerprint density at radius 1 is 1.26 bits per heavy atom. The molecule has 23 heavy (non-hydrogen) atoms. The van der Waals surface area contributed by atoms with Crippen molar-refractivity contribution in [1.29, 1.82) is 0 Å². The van der Waals surface area contributed by atoms with Crippen molar-refractivity contribution in [3.05, 3.63) is 29.3 Å². The highest BCUT2D eigenvalue weighted by atomic mass is 16.5. The van der Waals surface area contributed by atoms with Crippen LogP contribution in [0.25, 0.3) is 0 Å². The zero-order chi connectivity index (χ0) is 15.2. The first-order valence-electron chi connectivity index (χ1n) is 9.45. The molecule has 1 aromatic rings. The van der Waals surface area contributed by atoms with Crippen molar-refractivity contribution < 1.29 is 9.84 Å². The molecule has 3 nitrogen and oxygen atoms in total. The van der Waals surface area contributed by atoms with Crippen molar-refractivity contribution in [3.8, 4) is 5.75 Å². The third-order valence-electron chi connectivity index (χ3n) is 7.57. The van der Waals surface area contributed by atoms with E-state index in [0.29, 0.717) is 5.92 Å². The van der Waals surface area contributed by atoms with Crippen molar-refractivity contribution in [2.45, 2.75) is 68.1 Å². The van der Waals surface area contributed by atoms with E-state index in [2.05, 4.69) is 23.5 Å². The Morgan fingerprint density at radius 2 is 2.17 bits per heavy atom. The van der Waals surface area contributed by atoms with Crippen LogP contribution in [0.5, 0.6) is 5.75 Å². The van der Waals surface area contributed by atoms with Crippen molar-refractivity contribution in [2.75, 3.05) is 6.54 Å². The molecule has 2 heterocycles. The smallest absolute Gasteiger partial charge is 0.124 e. The molecule has 1 saturated heterocycles. The molecule has 2 bridgehead atoms. The number of rotatable bonds is 2. The van der Waals surface area contributed by atoms with Crippen LogP contribution in [0.2, 0.25) is 0 Å². The zero-order valence-corrected chi connectivity index (χ0v) is 13.6. The van der Waals surface area contributed by atoms with Crippen molar-refractivity contribution in [3.63, 3.8) is 0 Å². The molecule has 2 N–H and O–H groups in total. The van der Waals surface area contributed by atoms with Gasteiger partial charge in [-0.2, -0.15) is 0 Å². The maximum Gasteiger partial charge on any atom is 0.124 e. The molecule has 122 valence electrons. The number of aliphatic hydroxyl groups is 1. The lowest BCUT2D eigenvalue weighted by atomic mass is 9.48. The van der Waals surface area contributed by atoms with E-state index in [1.54, 1.807) is 0 Å². The summed E-state index contributed by atoms with van der Waals surface area (Å²) in [6, 6.07) is 6.71. The normalized spacial score (nSPS) is 46.2. The van der Waals surface area contributed by atoms with Crippen molar-refractivity contribution in [2.24, 2.45) is 11.8 Å². The van der Waals surface area contributed by atoms with Gasteiger partial charge in [-0.3, -0.25) is 0 Å². The largest absolute Gasteiger partial charge is 0.489 e. The Labute approximate surface area is 137 Å². The predicted octanol–water partition coefficient (Wildman–Crippen LogP) is 2.54. The van der Waals surface area contributed by atoms with Crippen LogP contribution in [0.4, 0.5) is 0 Å². The summed E-state index contributed by atoms with van der Waals surface area (Å²) >= 11 is 0. The number of ether oxygens (including phenoxy) is 1. The van der Waals surface area contributed by atoms with Crippen LogP contribution in [0.15, 0.2) is 18.2 Å². The van der Waals surface area contributed by atoms with E-state index < -0.39 is 5.60 Å².